The highest BCUT2D eigenvalue weighted by Crippen LogP contribution is 2.29. The van der Waals surface area contributed by atoms with Gasteiger partial charge in [-0.2, -0.15) is 0 Å². The Morgan fingerprint density at radius 3 is 2.04 bits per heavy atom. The van der Waals surface area contributed by atoms with E-state index < -0.39 is 14.2 Å². The molecule has 0 saturated carbocycles. The summed E-state index contributed by atoms with van der Waals surface area (Å²) in [7, 11) is -1.32. The molecule has 1 aromatic carbocycles. The first kappa shape index (κ1) is 20.4. The number of hydrogen-bond donors (Lipinski definition) is 1. The van der Waals surface area contributed by atoms with E-state index in [4.69, 9.17) is 9.47 Å². The first-order valence-electron chi connectivity index (χ1n) is 9.42. The lowest BCUT2D eigenvalue weighted by Gasteiger charge is -2.41. The van der Waals surface area contributed by atoms with Gasteiger partial charge in [0.1, 0.15) is 5.75 Å². The number of hydrogen-bond acceptors (Lipinski definition) is 4. The Kier molecular flexibility index (Phi) is 6.71. The quantitative estimate of drug-likeness (QED) is 0.777. The van der Waals surface area contributed by atoms with Crippen LogP contribution in [0.25, 0.3) is 0 Å². The third-order valence-corrected chi connectivity index (χ3v) is 7.61. The fourth-order valence-corrected chi connectivity index (χ4v) is 3.85. The molecule has 1 aliphatic heterocycles. The minimum Gasteiger partial charge on any atom is -0.494 e. The highest BCUT2D eigenvalue weighted by molar-refractivity contribution is 6.77. The van der Waals surface area contributed by atoms with E-state index in [2.05, 4.69) is 57.4 Å². The van der Waals surface area contributed by atoms with Crippen molar-refractivity contribution in [3.05, 3.63) is 29.8 Å². The maximum Gasteiger partial charge on any atom is 0.119 e. The number of morpholine rings is 1. The molecular formula is C20H35NO3Si. The second-order valence-electron chi connectivity index (χ2n) is 8.59. The normalized spacial score (nSPS) is 26.1. The van der Waals surface area contributed by atoms with Crippen LogP contribution in [0.1, 0.15) is 39.3 Å². The van der Waals surface area contributed by atoms with Crippen molar-refractivity contribution in [2.75, 3.05) is 13.1 Å². The lowest BCUT2D eigenvalue weighted by atomic mass is 9.98. The molecule has 1 aliphatic rings. The second-order valence-corrected chi connectivity index (χ2v) is 14.1. The average Bonchev–Trinajstić information content (AvgIpc) is 2.47. The summed E-state index contributed by atoms with van der Waals surface area (Å²) in [6.07, 6.45) is -0.0689. The first-order valence-corrected chi connectivity index (χ1v) is 13.0. The van der Waals surface area contributed by atoms with Crippen molar-refractivity contribution in [1.82, 2.24) is 4.90 Å². The molecule has 142 valence electrons. The second kappa shape index (κ2) is 8.21. The van der Waals surface area contributed by atoms with Gasteiger partial charge in [0.15, 0.2) is 0 Å². The Labute approximate surface area is 154 Å². The van der Waals surface area contributed by atoms with Crippen LogP contribution in [0.15, 0.2) is 24.3 Å². The van der Waals surface area contributed by atoms with Gasteiger partial charge in [-0.3, -0.25) is 4.90 Å². The molecule has 1 heterocycles. The van der Waals surface area contributed by atoms with Crippen LogP contribution in [0.5, 0.6) is 5.75 Å². The number of benzene rings is 1. The van der Waals surface area contributed by atoms with Crippen LogP contribution in [0, 0.1) is 0 Å². The molecular weight excluding hydrogens is 330 g/mol. The van der Waals surface area contributed by atoms with Crippen LogP contribution < -0.4 is 4.74 Å². The van der Waals surface area contributed by atoms with E-state index >= 15 is 0 Å². The number of aliphatic hydroxyl groups excluding tert-OH is 1. The van der Waals surface area contributed by atoms with Crippen molar-refractivity contribution in [3.8, 4) is 5.75 Å². The molecule has 5 heteroatoms. The topological polar surface area (TPSA) is 41.9 Å². The van der Waals surface area contributed by atoms with E-state index in [9.17, 15) is 5.11 Å². The van der Waals surface area contributed by atoms with Gasteiger partial charge in [0.2, 0.25) is 0 Å². The zero-order valence-electron chi connectivity index (χ0n) is 16.8. The average molecular weight is 366 g/mol. The van der Waals surface area contributed by atoms with Gasteiger partial charge in [-0.05, 0) is 45.4 Å². The van der Waals surface area contributed by atoms with E-state index in [1.807, 2.05) is 19.1 Å². The van der Waals surface area contributed by atoms with Gasteiger partial charge in [-0.1, -0.05) is 31.8 Å². The monoisotopic (exact) mass is 365 g/mol. The van der Waals surface area contributed by atoms with Crippen molar-refractivity contribution >= 4 is 8.07 Å². The van der Waals surface area contributed by atoms with Crippen LogP contribution in [-0.4, -0.2) is 55.2 Å². The minimum atomic E-state index is -1.32. The van der Waals surface area contributed by atoms with Crippen molar-refractivity contribution in [3.63, 3.8) is 0 Å². The summed E-state index contributed by atoms with van der Waals surface area (Å²) < 4.78 is 12.0. The number of ether oxygens (including phenoxy) is 2. The Bertz CT molecular complexity index is 531. The van der Waals surface area contributed by atoms with Gasteiger partial charge in [0, 0.05) is 13.1 Å². The summed E-state index contributed by atoms with van der Waals surface area (Å²) >= 11 is 0. The summed E-state index contributed by atoms with van der Waals surface area (Å²) in [6.45, 7) is 16.8. The molecule has 0 aromatic heterocycles. The number of rotatable bonds is 6. The van der Waals surface area contributed by atoms with Gasteiger partial charge in [-0.25, -0.2) is 0 Å². The molecule has 2 rings (SSSR count). The summed E-state index contributed by atoms with van der Waals surface area (Å²) in [5.41, 5.74) is 1.40. The molecule has 0 radical (unpaired) electrons. The van der Waals surface area contributed by atoms with E-state index in [0.29, 0.717) is 0 Å². The van der Waals surface area contributed by atoms with Crippen molar-refractivity contribution in [1.29, 1.82) is 0 Å². The fourth-order valence-electron chi connectivity index (χ4n) is 3.36. The maximum absolute atomic E-state index is 10.4. The van der Waals surface area contributed by atoms with E-state index in [1.165, 1.54) is 0 Å². The summed E-state index contributed by atoms with van der Waals surface area (Å²) in [6, 6.07) is 8.24. The molecule has 0 spiro atoms. The van der Waals surface area contributed by atoms with E-state index in [1.54, 1.807) is 0 Å². The predicted molar refractivity (Wildman–Crippen MR) is 106 cm³/mol. The number of nitrogens with zero attached hydrogens (tertiary/aromatic N) is 1. The Morgan fingerprint density at radius 1 is 1.08 bits per heavy atom. The Hall–Kier alpha value is -0.883. The molecule has 1 saturated heterocycles. The van der Waals surface area contributed by atoms with Crippen LogP contribution in [0.4, 0.5) is 0 Å². The standard InChI is InChI=1S/C20H35NO3Si/c1-14-12-21(13-15(2)23-14)20(16(3)22)18-8-10-19(11-9-18)24-17(4)25(5,6)7/h8-11,14-17,20,22H,12-13H2,1-7H3. The van der Waals surface area contributed by atoms with Crippen LogP contribution in [0.2, 0.25) is 19.6 Å². The molecule has 1 N–H and O–H groups in total. The third-order valence-electron chi connectivity index (χ3n) is 5.05. The van der Waals surface area contributed by atoms with Crippen molar-refractivity contribution in [2.24, 2.45) is 0 Å². The van der Waals surface area contributed by atoms with Gasteiger partial charge in [-0.15, -0.1) is 0 Å². The van der Waals surface area contributed by atoms with Crippen molar-refractivity contribution < 1.29 is 14.6 Å². The Morgan fingerprint density at radius 2 is 1.60 bits per heavy atom. The third kappa shape index (κ3) is 5.54. The molecule has 1 aromatic rings. The zero-order chi connectivity index (χ0) is 18.8. The molecule has 5 atom stereocenters. The minimum absolute atomic E-state index is 0.0164. The van der Waals surface area contributed by atoms with E-state index in [0.717, 1.165) is 24.4 Å². The molecule has 5 unspecified atom stereocenters. The van der Waals surface area contributed by atoms with Gasteiger partial charge < -0.3 is 14.6 Å². The largest absolute Gasteiger partial charge is 0.494 e. The molecule has 0 amide bonds. The molecule has 0 aliphatic carbocycles. The van der Waals surface area contributed by atoms with E-state index in [-0.39, 0.29) is 24.0 Å². The number of aliphatic hydroxyl groups is 1. The summed E-state index contributed by atoms with van der Waals surface area (Å²) in [5, 5.41) is 10.4. The first-order chi connectivity index (χ1) is 11.6. The SMILES string of the molecule is CC1CN(C(c2ccc(OC(C)[Si](C)(C)C)cc2)C(C)O)CC(C)O1. The maximum atomic E-state index is 10.4. The molecule has 25 heavy (non-hydrogen) atoms. The van der Waals surface area contributed by atoms with Gasteiger partial charge in [0.05, 0.1) is 38.2 Å². The highest BCUT2D eigenvalue weighted by Gasteiger charge is 2.31. The van der Waals surface area contributed by atoms with Crippen LogP contribution in [-0.2, 0) is 4.74 Å². The lowest BCUT2D eigenvalue weighted by Crippen LogP contribution is -2.49. The van der Waals surface area contributed by atoms with Gasteiger partial charge in [0.25, 0.3) is 0 Å². The summed E-state index contributed by atoms with van der Waals surface area (Å²) in [4.78, 5) is 2.34. The van der Waals surface area contributed by atoms with Crippen molar-refractivity contribution in [2.45, 2.75) is 77.4 Å². The Balaban J connectivity index is 2.14. The van der Waals surface area contributed by atoms with Gasteiger partial charge >= 0.3 is 0 Å². The molecule has 1 fully saturated rings. The zero-order valence-corrected chi connectivity index (χ0v) is 17.8. The smallest absolute Gasteiger partial charge is 0.119 e. The summed E-state index contributed by atoms with van der Waals surface area (Å²) in [5.74, 6) is 0.909. The van der Waals surface area contributed by atoms with Crippen LogP contribution in [0.3, 0.4) is 0 Å². The molecule has 4 nitrogen and oxygen atoms in total. The lowest BCUT2D eigenvalue weighted by molar-refractivity contribution is -0.0948. The van der Waals surface area contributed by atoms with Crippen LogP contribution >= 0.6 is 0 Å². The highest BCUT2D eigenvalue weighted by atomic mass is 28.3. The molecule has 0 bridgehead atoms. The fraction of sp³-hybridized carbons (Fsp3) is 0.700. The predicted octanol–water partition coefficient (Wildman–Crippen LogP) is 3.86.